The third-order valence-electron chi connectivity index (χ3n) is 6.10. The van der Waals surface area contributed by atoms with Crippen molar-refractivity contribution in [3.8, 4) is 17.1 Å². The fraction of sp³-hybridized carbons (Fsp3) is 0.560. The number of ether oxygens (including phenoxy) is 1. The van der Waals surface area contributed by atoms with Crippen LogP contribution in [0, 0.1) is 11.3 Å². The summed E-state index contributed by atoms with van der Waals surface area (Å²) in [5.41, 5.74) is 2.70. The molecule has 2 aliphatic rings. The standard InChI is InChI=1S/C25H33N3O2/c1-17-12-13-18-20(16-17)26-22(27-23(18)28-14-8-5-9-15-28)19-10-6-7-11-21(19)30-24(29)25(2,3)4/h6-7,10-11,17H,5,8-9,12-16H2,1-4H3. The van der Waals surface area contributed by atoms with Crippen molar-refractivity contribution in [2.45, 2.75) is 66.2 Å². The molecule has 2 heterocycles. The molecule has 1 saturated heterocycles. The van der Waals surface area contributed by atoms with Crippen LogP contribution in [0.2, 0.25) is 0 Å². The minimum Gasteiger partial charge on any atom is -0.425 e. The summed E-state index contributed by atoms with van der Waals surface area (Å²) in [5.74, 6) is 2.67. The number of benzene rings is 1. The average Bonchev–Trinajstić information content (AvgIpc) is 2.73. The summed E-state index contributed by atoms with van der Waals surface area (Å²) < 4.78 is 5.78. The van der Waals surface area contributed by atoms with Crippen LogP contribution < -0.4 is 9.64 Å². The van der Waals surface area contributed by atoms with Crippen LogP contribution >= 0.6 is 0 Å². The van der Waals surface area contributed by atoms with Crippen molar-refractivity contribution in [1.29, 1.82) is 0 Å². The lowest BCUT2D eigenvalue weighted by molar-refractivity contribution is -0.142. The number of para-hydroxylation sites is 1. The van der Waals surface area contributed by atoms with Gasteiger partial charge < -0.3 is 9.64 Å². The van der Waals surface area contributed by atoms with Gasteiger partial charge in [-0.05, 0) is 77.3 Å². The van der Waals surface area contributed by atoms with Gasteiger partial charge in [-0.3, -0.25) is 4.79 Å². The number of piperidine rings is 1. The molecular weight excluding hydrogens is 374 g/mol. The Bertz CT molecular complexity index is 926. The molecule has 0 saturated carbocycles. The number of carbonyl (C=O) groups excluding carboxylic acids is 1. The molecule has 160 valence electrons. The number of aromatic nitrogens is 2. The second-order valence-electron chi connectivity index (χ2n) is 9.83. The van der Waals surface area contributed by atoms with E-state index in [2.05, 4.69) is 11.8 Å². The first-order valence-corrected chi connectivity index (χ1v) is 11.3. The van der Waals surface area contributed by atoms with Crippen LogP contribution in [0.5, 0.6) is 5.75 Å². The maximum absolute atomic E-state index is 12.5. The normalized spacial score (nSPS) is 19.3. The summed E-state index contributed by atoms with van der Waals surface area (Å²) in [5, 5.41) is 0. The van der Waals surface area contributed by atoms with Crippen molar-refractivity contribution >= 4 is 11.8 Å². The Hall–Kier alpha value is -2.43. The molecule has 1 aliphatic carbocycles. The SMILES string of the molecule is CC1CCc2c(nc(-c3ccccc3OC(=O)C(C)(C)C)nc2N2CCCCC2)C1. The van der Waals surface area contributed by atoms with Gasteiger partial charge in [0.05, 0.1) is 16.7 Å². The van der Waals surface area contributed by atoms with Gasteiger partial charge in [-0.2, -0.15) is 0 Å². The second kappa shape index (κ2) is 8.37. The molecule has 0 amide bonds. The predicted molar refractivity (Wildman–Crippen MR) is 120 cm³/mol. The fourth-order valence-corrected chi connectivity index (χ4v) is 4.25. The van der Waals surface area contributed by atoms with Crippen LogP contribution in [0.1, 0.15) is 64.6 Å². The molecule has 30 heavy (non-hydrogen) atoms. The largest absolute Gasteiger partial charge is 0.425 e. The van der Waals surface area contributed by atoms with Crippen LogP contribution in [0.4, 0.5) is 5.82 Å². The third-order valence-corrected chi connectivity index (χ3v) is 6.10. The molecule has 5 nitrogen and oxygen atoms in total. The molecule has 0 bridgehead atoms. The van der Waals surface area contributed by atoms with Gasteiger partial charge in [0.15, 0.2) is 5.82 Å². The summed E-state index contributed by atoms with van der Waals surface area (Å²) in [6.07, 6.45) is 6.93. The van der Waals surface area contributed by atoms with Crippen LogP contribution in [0.3, 0.4) is 0 Å². The molecule has 1 aromatic carbocycles. The van der Waals surface area contributed by atoms with Crippen molar-refractivity contribution in [1.82, 2.24) is 9.97 Å². The lowest BCUT2D eigenvalue weighted by Gasteiger charge is -2.32. The van der Waals surface area contributed by atoms with Crippen molar-refractivity contribution in [2.24, 2.45) is 11.3 Å². The lowest BCUT2D eigenvalue weighted by Crippen LogP contribution is -2.32. The van der Waals surface area contributed by atoms with Gasteiger partial charge in [-0.1, -0.05) is 19.1 Å². The summed E-state index contributed by atoms with van der Waals surface area (Å²) in [6.45, 7) is 10.00. The third kappa shape index (κ3) is 4.35. The Morgan fingerprint density at radius 2 is 1.83 bits per heavy atom. The van der Waals surface area contributed by atoms with Crippen LogP contribution in [0.15, 0.2) is 24.3 Å². The Kier molecular flexibility index (Phi) is 5.81. The highest BCUT2D eigenvalue weighted by Gasteiger charge is 2.28. The van der Waals surface area contributed by atoms with Crippen molar-refractivity contribution in [3.05, 3.63) is 35.5 Å². The molecule has 1 unspecified atom stereocenters. The Labute approximate surface area is 179 Å². The van der Waals surface area contributed by atoms with Gasteiger partial charge in [0.25, 0.3) is 0 Å². The number of fused-ring (bicyclic) bond motifs is 1. The molecule has 1 aromatic heterocycles. The van der Waals surface area contributed by atoms with E-state index in [0.29, 0.717) is 17.5 Å². The number of hydrogen-bond donors (Lipinski definition) is 0. The van der Waals surface area contributed by atoms with Crippen molar-refractivity contribution < 1.29 is 9.53 Å². The number of carbonyl (C=O) groups is 1. The van der Waals surface area contributed by atoms with Gasteiger partial charge in [0.2, 0.25) is 0 Å². The number of hydrogen-bond acceptors (Lipinski definition) is 5. The minimum atomic E-state index is -0.571. The zero-order valence-corrected chi connectivity index (χ0v) is 18.7. The monoisotopic (exact) mass is 407 g/mol. The first-order chi connectivity index (χ1) is 14.3. The smallest absolute Gasteiger partial charge is 0.316 e. The summed E-state index contributed by atoms with van der Waals surface area (Å²) in [4.78, 5) is 25.0. The van der Waals surface area contributed by atoms with E-state index >= 15 is 0 Å². The Morgan fingerprint density at radius 1 is 1.10 bits per heavy atom. The van der Waals surface area contributed by atoms with E-state index in [1.807, 2.05) is 45.0 Å². The summed E-state index contributed by atoms with van der Waals surface area (Å²) >= 11 is 0. The average molecular weight is 408 g/mol. The first-order valence-electron chi connectivity index (χ1n) is 11.3. The predicted octanol–water partition coefficient (Wildman–Crippen LogP) is 5.21. The number of rotatable bonds is 3. The molecule has 0 radical (unpaired) electrons. The Morgan fingerprint density at radius 3 is 2.57 bits per heavy atom. The lowest BCUT2D eigenvalue weighted by atomic mass is 9.88. The van der Waals surface area contributed by atoms with E-state index in [4.69, 9.17) is 14.7 Å². The van der Waals surface area contributed by atoms with Crippen LogP contribution in [-0.2, 0) is 17.6 Å². The molecule has 1 atom stereocenters. The van der Waals surface area contributed by atoms with E-state index in [1.165, 1.54) is 31.2 Å². The highest BCUT2D eigenvalue weighted by molar-refractivity contribution is 5.80. The van der Waals surface area contributed by atoms with Crippen LogP contribution in [0.25, 0.3) is 11.4 Å². The quantitative estimate of drug-likeness (QED) is 0.516. The first kappa shape index (κ1) is 20.8. The maximum atomic E-state index is 12.5. The molecule has 4 rings (SSSR count). The van der Waals surface area contributed by atoms with E-state index in [9.17, 15) is 4.79 Å². The van der Waals surface area contributed by atoms with E-state index in [0.717, 1.165) is 43.0 Å². The number of esters is 1. The minimum absolute atomic E-state index is 0.252. The molecule has 0 N–H and O–H groups in total. The number of anilines is 1. The molecule has 1 aliphatic heterocycles. The zero-order chi connectivity index (χ0) is 21.3. The van der Waals surface area contributed by atoms with Gasteiger partial charge in [0, 0.05) is 18.7 Å². The number of nitrogens with zero attached hydrogens (tertiary/aromatic N) is 3. The van der Waals surface area contributed by atoms with Gasteiger partial charge in [0.1, 0.15) is 11.6 Å². The topological polar surface area (TPSA) is 55.3 Å². The van der Waals surface area contributed by atoms with E-state index < -0.39 is 5.41 Å². The Balaban J connectivity index is 1.78. The van der Waals surface area contributed by atoms with E-state index in [-0.39, 0.29) is 5.97 Å². The highest BCUT2D eigenvalue weighted by atomic mass is 16.5. The van der Waals surface area contributed by atoms with Gasteiger partial charge in [-0.25, -0.2) is 9.97 Å². The molecule has 1 fully saturated rings. The van der Waals surface area contributed by atoms with Crippen molar-refractivity contribution in [2.75, 3.05) is 18.0 Å². The molecule has 2 aromatic rings. The van der Waals surface area contributed by atoms with Gasteiger partial charge >= 0.3 is 5.97 Å². The summed E-state index contributed by atoms with van der Waals surface area (Å²) in [7, 11) is 0. The second-order valence-corrected chi connectivity index (χ2v) is 9.83. The highest BCUT2D eigenvalue weighted by Crippen LogP contribution is 2.36. The maximum Gasteiger partial charge on any atom is 0.316 e. The summed E-state index contributed by atoms with van der Waals surface area (Å²) in [6, 6.07) is 7.64. The molecule has 5 heteroatoms. The van der Waals surface area contributed by atoms with Gasteiger partial charge in [-0.15, -0.1) is 0 Å². The van der Waals surface area contributed by atoms with Crippen LogP contribution in [-0.4, -0.2) is 29.0 Å². The van der Waals surface area contributed by atoms with Crippen molar-refractivity contribution in [3.63, 3.8) is 0 Å². The fourth-order valence-electron chi connectivity index (χ4n) is 4.25. The molecular formula is C25H33N3O2. The zero-order valence-electron chi connectivity index (χ0n) is 18.7. The molecule has 0 spiro atoms. The van der Waals surface area contributed by atoms with E-state index in [1.54, 1.807) is 0 Å².